The summed E-state index contributed by atoms with van der Waals surface area (Å²) in [6, 6.07) is -1.27. The van der Waals surface area contributed by atoms with Gasteiger partial charge in [-0.25, -0.2) is 9.59 Å². The summed E-state index contributed by atoms with van der Waals surface area (Å²) in [4.78, 5) is 24.5. The van der Waals surface area contributed by atoms with Crippen molar-refractivity contribution in [2.75, 3.05) is 19.6 Å². The first-order valence-electron chi connectivity index (χ1n) is 6.46. The van der Waals surface area contributed by atoms with E-state index in [1.54, 1.807) is 6.92 Å². The molecule has 6 heteroatoms. The van der Waals surface area contributed by atoms with Crippen molar-refractivity contribution in [3.05, 3.63) is 0 Å². The highest BCUT2D eigenvalue weighted by Gasteiger charge is 2.18. The van der Waals surface area contributed by atoms with Crippen LogP contribution in [-0.4, -0.2) is 53.7 Å². The molecule has 0 rings (SSSR count). The molecule has 0 heterocycles. The van der Waals surface area contributed by atoms with Crippen molar-refractivity contribution in [3.8, 4) is 0 Å². The molecule has 0 radical (unpaired) electrons. The summed E-state index contributed by atoms with van der Waals surface area (Å²) in [5, 5.41) is 14.0. The average molecular weight is 259 g/mol. The second-order valence-electron chi connectivity index (χ2n) is 4.30. The second kappa shape index (κ2) is 8.74. The molecule has 0 aromatic heterocycles. The van der Waals surface area contributed by atoms with Crippen molar-refractivity contribution < 1.29 is 14.7 Å². The summed E-state index contributed by atoms with van der Waals surface area (Å²) >= 11 is 0. The van der Waals surface area contributed by atoms with Crippen molar-refractivity contribution >= 4 is 12.0 Å². The average Bonchev–Trinajstić information content (AvgIpc) is 2.32. The van der Waals surface area contributed by atoms with E-state index in [-0.39, 0.29) is 6.04 Å². The molecule has 3 N–H and O–H groups in total. The van der Waals surface area contributed by atoms with Gasteiger partial charge in [0.2, 0.25) is 0 Å². The van der Waals surface area contributed by atoms with Crippen molar-refractivity contribution in [1.82, 2.24) is 15.5 Å². The lowest BCUT2D eigenvalue weighted by Gasteiger charge is -2.24. The maximum atomic E-state index is 11.6. The number of hydrogen-bond acceptors (Lipinski definition) is 3. The van der Waals surface area contributed by atoms with Gasteiger partial charge in [-0.15, -0.1) is 0 Å². The molecule has 0 aliphatic carbocycles. The molecule has 18 heavy (non-hydrogen) atoms. The molecule has 0 aromatic carbocycles. The number of amides is 2. The molecular formula is C12H25N3O3. The third-order valence-corrected chi connectivity index (χ3v) is 2.82. The Labute approximate surface area is 109 Å². The molecule has 0 saturated carbocycles. The fourth-order valence-electron chi connectivity index (χ4n) is 1.68. The Bertz CT molecular complexity index is 267. The predicted molar refractivity (Wildman–Crippen MR) is 70.6 cm³/mol. The molecule has 0 aromatic rings. The first kappa shape index (κ1) is 16.7. The fourth-order valence-corrected chi connectivity index (χ4v) is 1.68. The third kappa shape index (κ3) is 6.44. The van der Waals surface area contributed by atoms with E-state index < -0.39 is 18.0 Å². The molecule has 0 saturated heterocycles. The van der Waals surface area contributed by atoms with Gasteiger partial charge in [-0.05, 0) is 26.4 Å². The van der Waals surface area contributed by atoms with E-state index >= 15 is 0 Å². The molecule has 0 spiro atoms. The summed E-state index contributed by atoms with van der Waals surface area (Å²) in [5.74, 6) is -1.01. The lowest BCUT2D eigenvalue weighted by atomic mass is 10.2. The molecule has 2 atom stereocenters. The van der Waals surface area contributed by atoms with E-state index in [0.717, 1.165) is 19.6 Å². The topological polar surface area (TPSA) is 81.7 Å². The lowest BCUT2D eigenvalue weighted by Crippen LogP contribution is -2.50. The monoisotopic (exact) mass is 259 g/mol. The summed E-state index contributed by atoms with van der Waals surface area (Å²) in [6.07, 6.45) is 0.368. The van der Waals surface area contributed by atoms with Gasteiger partial charge in [0.1, 0.15) is 6.04 Å². The van der Waals surface area contributed by atoms with E-state index in [4.69, 9.17) is 5.11 Å². The Hall–Kier alpha value is -1.30. The Morgan fingerprint density at radius 1 is 1.17 bits per heavy atom. The minimum absolute atomic E-state index is 0.0174. The lowest BCUT2D eigenvalue weighted by molar-refractivity contribution is -0.139. The predicted octanol–water partition coefficient (Wildman–Crippen LogP) is 0.879. The van der Waals surface area contributed by atoms with Gasteiger partial charge in [0.05, 0.1) is 0 Å². The van der Waals surface area contributed by atoms with Crippen LogP contribution in [0, 0.1) is 0 Å². The number of carbonyl (C=O) groups excluding carboxylic acids is 1. The first-order valence-corrected chi connectivity index (χ1v) is 6.46. The van der Waals surface area contributed by atoms with E-state index in [1.807, 2.05) is 6.92 Å². The van der Waals surface area contributed by atoms with Crippen LogP contribution in [0.25, 0.3) is 0 Å². The van der Waals surface area contributed by atoms with Crippen LogP contribution in [0.2, 0.25) is 0 Å². The molecule has 0 aliphatic heterocycles. The maximum Gasteiger partial charge on any atom is 0.326 e. The van der Waals surface area contributed by atoms with E-state index in [1.165, 1.54) is 0 Å². The molecule has 2 amide bonds. The van der Waals surface area contributed by atoms with Crippen LogP contribution < -0.4 is 10.6 Å². The van der Waals surface area contributed by atoms with Gasteiger partial charge >= 0.3 is 12.0 Å². The second-order valence-corrected chi connectivity index (χ2v) is 4.30. The van der Waals surface area contributed by atoms with E-state index in [9.17, 15) is 9.59 Å². The van der Waals surface area contributed by atoms with Crippen LogP contribution in [0.3, 0.4) is 0 Å². The highest BCUT2D eigenvalue weighted by Crippen LogP contribution is 1.94. The van der Waals surface area contributed by atoms with Gasteiger partial charge in [-0.3, -0.25) is 0 Å². The maximum absolute atomic E-state index is 11.6. The molecule has 0 fully saturated rings. The quantitative estimate of drug-likeness (QED) is 0.604. The van der Waals surface area contributed by atoms with Crippen LogP contribution in [0.15, 0.2) is 0 Å². The Kier molecular flexibility index (Phi) is 8.11. The number of carbonyl (C=O) groups is 2. The third-order valence-electron chi connectivity index (χ3n) is 2.82. The first-order chi connectivity index (χ1) is 8.44. The number of aliphatic carboxylic acids is 1. The Morgan fingerprint density at radius 3 is 2.11 bits per heavy atom. The highest BCUT2D eigenvalue weighted by molar-refractivity contribution is 5.82. The SMILES string of the molecule is CCC(NC(=O)NC(C)CN(CC)CC)C(=O)O. The van der Waals surface area contributed by atoms with Gasteiger partial charge in [0, 0.05) is 12.6 Å². The molecule has 2 unspecified atom stereocenters. The Morgan fingerprint density at radius 2 is 1.72 bits per heavy atom. The van der Waals surface area contributed by atoms with Gasteiger partial charge in [0.25, 0.3) is 0 Å². The number of carboxylic acids is 1. The molecule has 0 bridgehead atoms. The normalized spacial score (nSPS) is 14.1. The number of rotatable bonds is 8. The fraction of sp³-hybridized carbons (Fsp3) is 0.833. The van der Waals surface area contributed by atoms with Gasteiger partial charge < -0.3 is 20.6 Å². The Balaban J connectivity index is 4.10. The standard InChI is InChI=1S/C12H25N3O3/c1-5-10(11(16)17)14-12(18)13-9(4)8-15(6-2)7-3/h9-10H,5-8H2,1-4H3,(H,16,17)(H2,13,14,18). The van der Waals surface area contributed by atoms with Crippen molar-refractivity contribution in [3.63, 3.8) is 0 Å². The summed E-state index contributed by atoms with van der Waals surface area (Å²) in [5.41, 5.74) is 0. The van der Waals surface area contributed by atoms with E-state index in [2.05, 4.69) is 29.4 Å². The zero-order valence-corrected chi connectivity index (χ0v) is 11.7. The summed E-state index contributed by atoms with van der Waals surface area (Å²) in [7, 11) is 0. The highest BCUT2D eigenvalue weighted by atomic mass is 16.4. The van der Waals surface area contributed by atoms with E-state index in [0.29, 0.717) is 6.42 Å². The van der Waals surface area contributed by atoms with Gasteiger partial charge in [-0.2, -0.15) is 0 Å². The van der Waals surface area contributed by atoms with Crippen LogP contribution >= 0.6 is 0 Å². The van der Waals surface area contributed by atoms with Crippen LogP contribution in [0.5, 0.6) is 0 Å². The van der Waals surface area contributed by atoms with Crippen LogP contribution in [-0.2, 0) is 4.79 Å². The zero-order valence-electron chi connectivity index (χ0n) is 11.7. The van der Waals surface area contributed by atoms with Crippen molar-refractivity contribution in [2.45, 2.75) is 46.2 Å². The largest absolute Gasteiger partial charge is 0.480 e. The number of urea groups is 1. The molecular weight excluding hydrogens is 234 g/mol. The smallest absolute Gasteiger partial charge is 0.326 e. The van der Waals surface area contributed by atoms with Crippen LogP contribution in [0.1, 0.15) is 34.1 Å². The zero-order chi connectivity index (χ0) is 14.1. The van der Waals surface area contributed by atoms with Gasteiger partial charge in [-0.1, -0.05) is 20.8 Å². The van der Waals surface area contributed by atoms with Gasteiger partial charge in [0.15, 0.2) is 0 Å². The van der Waals surface area contributed by atoms with Crippen LogP contribution in [0.4, 0.5) is 4.79 Å². The minimum Gasteiger partial charge on any atom is -0.480 e. The number of hydrogen-bond donors (Lipinski definition) is 3. The molecule has 106 valence electrons. The minimum atomic E-state index is -1.01. The van der Waals surface area contributed by atoms with Crippen molar-refractivity contribution in [1.29, 1.82) is 0 Å². The van der Waals surface area contributed by atoms with Crippen molar-refractivity contribution in [2.24, 2.45) is 0 Å². The number of nitrogens with one attached hydrogen (secondary N) is 2. The number of carboxylic acid groups (broad SMARTS) is 1. The molecule has 0 aliphatic rings. The summed E-state index contributed by atoms with van der Waals surface area (Å²) < 4.78 is 0. The molecule has 6 nitrogen and oxygen atoms in total. The number of nitrogens with zero attached hydrogens (tertiary/aromatic N) is 1. The summed E-state index contributed by atoms with van der Waals surface area (Å²) in [6.45, 7) is 10.4. The number of likely N-dealkylation sites (N-methyl/N-ethyl adjacent to an activating group) is 1.